The molecule has 0 atom stereocenters. The molecule has 19 heavy (non-hydrogen) atoms. The van der Waals surface area contributed by atoms with E-state index >= 15 is 0 Å². The topological polar surface area (TPSA) is 78.5 Å². The van der Waals surface area contributed by atoms with Crippen LogP contribution in [0.2, 0.25) is 0 Å². The summed E-state index contributed by atoms with van der Waals surface area (Å²) in [5, 5.41) is 12.5. The van der Waals surface area contributed by atoms with Crippen LogP contribution in [0.4, 0.5) is 4.39 Å². The molecule has 0 spiro atoms. The predicted octanol–water partition coefficient (Wildman–Crippen LogP) is 2.74. The third-order valence-electron chi connectivity index (χ3n) is 2.55. The molecule has 0 saturated carbocycles. The predicted molar refractivity (Wildman–Crippen MR) is 64.2 cm³/mol. The quantitative estimate of drug-likeness (QED) is 0.762. The molecule has 0 saturated heterocycles. The van der Waals surface area contributed by atoms with Crippen molar-refractivity contribution < 1.29 is 8.91 Å². The Morgan fingerprint density at radius 1 is 1.26 bits per heavy atom. The van der Waals surface area contributed by atoms with Crippen molar-refractivity contribution in [2.45, 2.75) is 0 Å². The van der Waals surface area contributed by atoms with Gasteiger partial charge in [0.15, 0.2) is 0 Å². The molecule has 5 nitrogen and oxygen atoms in total. The van der Waals surface area contributed by atoms with Gasteiger partial charge in [-0.15, -0.1) is 0 Å². The normalized spacial score (nSPS) is 10.3. The summed E-state index contributed by atoms with van der Waals surface area (Å²) >= 11 is 0. The highest BCUT2D eigenvalue weighted by Gasteiger charge is 2.12. The number of nitrogens with zero attached hydrogens (tertiary/aromatic N) is 3. The van der Waals surface area contributed by atoms with E-state index in [1.165, 1.54) is 12.1 Å². The van der Waals surface area contributed by atoms with Crippen molar-refractivity contribution in [1.82, 2.24) is 15.1 Å². The average Bonchev–Trinajstić information content (AvgIpc) is 3.07. The standard InChI is InChI=1S/C13H7FN4O/c14-9-3-1-2-8(6-9)12-17-13(19-18-12)11-5-4-10(7-15)16-11/h1-6,16H. The van der Waals surface area contributed by atoms with E-state index in [1.807, 2.05) is 6.07 Å². The van der Waals surface area contributed by atoms with E-state index in [-0.39, 0.29) is 11.7 Å². The fraction of sp³-hybridized carbons (Fsp3) is 0. The minimum atomic E-state index is -0.365. The van der Waals surface area contributed by atoms with Crippen molar-refractivity contribution in [3.8, 4) is 29.0 Å². The summed E-state index contributed by atoms with van der Waals surface area (Å²) in [6.45, 7) is 0. The minimum Gasteiger partial charge on any atom is -0.342 e. The van der Waals surface area contributed by atoms with Crippen molar-refractivity contribution in [1.29, 1.82) is 5.26 Å². The van der Waals surface area contributed by atoms with Gasteiger partial charge in [0.05, 0.1) is 0 Å². The summed E-state index contributed by atoms with van der Waals surface area (Å²) in [5.74, 6) is 0.179. The Balaban J connectivity index is 1.97. The maximum absolute atomic E-state index is 13.1. The summed E-state index contributed by atoms with van der Waals surface area (Å²) in [7, 11) is 0. The number of nitrogens with one attached hydrogen (secondary N) is 1. The van der Waals surface area contributed by atoms with E-state index < -0.39 is 0 Å². The lowest BCUT2D eigenvalue weighted by molar-refractivity contribution is 0.431. The van der Waals surface area contributed by atoms with Gasteiger partial charge in [0, 0.05) is 5.56 Å². The summed E-state index contributed by atoms with van der Waals surface area (Å²) in [4.78, 5) is 6.98. The largest absolute Gasteiger partial charge is 0.342 e. The highest BCUT2D eigenvalue weighted by molar-refractivity contribution is 5.58. The Hall–Kier alpha value is -2.94. The SMILES string of the molecule is N#Cc1ccc(-c2nc(-c3cccc(F)c3)no2)[nH]1. The molecule has 0 radical (unpaired) electrons. The second-order valence-electron chi connectivity index (χ2n) is 3.83. The number of aromatic amines is 1. The van der Waals surface area contributed by atoms with Crippen LogP contribution in [-0.4, -0.2) is 15.1 Å². The van der Waals surface area contributed by atoms with Gasteiger partial charge in [0.1, 0.15) is 23.3 Å². The van der Waals surface area contributed by atoms with Crippen LogP contribution in [0, 0.1) is 17.1 Å². The highest BCUT2D eigenvalue weighted by atomic mass is 19.1. The van der Waals surface area contributed by atoms with E-state index in [9.17, 15) is 4.39 Å². The molecule has 3 rings (SSSR count). The highest BCUT2D eigenvalue weighted by Crippen LogP contribution is 2.21. The van der Waals surface area contributed by atoms with Crippen molar-refractivity contribution in [2.75, 3.05) is 0 Å². The average molecular weight is 254 g/mol. The molecule has 0 bridgehead atoms. The van der Waals surface area contributed by atoms with E-state index in [2.05, 4.69) is 15.1 Å². The summed E-state index contributed by atoms with van der Waals surface area (Å²) < 4.78 is 18.2. The fourth-order valence-electron chi connectivity index (χ4n) is 1.66. The molecule has 1 N–H and O–H groups in total. The molecule has 2 aromatic heterocycles. The van der Waals surface area contributed by atoms with Crippen LogP contribution in [0.25, 0.3) is 23.0 Å². The second-order valence-corrected chi connectivity index (χ2v) is 3.83. The Kier molecular flexibility index (Phi) is 2.58. The van der Waals surface area contributed by atoms with Crippen molar-refractivity contribution in [3.63, 3.8) is 0 Å². The number of halogens is 1. The van der Waals surface area contributed by atoms with Crippen LogP contribution in [0.3, 0.4) is 0 Å². The summed E-state index contributed by atoms with van der Waals surface area (Å²) in [6.07, 6.45) is 0. The van der Waals surface area contributed by atoms with Gasteiger partial charge in [0.2, 0.25) is 5.82 Å². The van der Waals surface area contributed by atoms with Gasteiger partial charge in [0.25, 0.3) is 5.89 Å². The molecule has 0 aliphatic carbocycles. The number of aromatic nitrogens is 3. The lowest BCUT2D eigenvalue weighted by Crippen LogP contribution is -1.83. The van der Waals surface area contributed by atoms with Crippen molar-refractivity contribution in [3.05, 3.63) is 47.9 Å². The van der Waals surface area contributed by atoms with Gasteiger partial charge in [-0.3, -0.25) is 0 Å². The van der Waals surface area contributed by atoms with Crippen LogP contribution >= 0.6 is 0 Å². The van der Waals surface area contributed by atoms with Crippen LogP contribution < -0.4 is 0 Å². The Morgan fingerprint density at radius 3 is 2.89 bits per heavy atom. The Morgan fingerprint density at radius 2 is 2.16 bits per heavy atom. The lowest BCUT2D eigenvalue weighted by atomic mass is 10.2. The van der Waals surface area contributed by atoms with Gasteiger partial charge in [-0.2, -0.15) is 10.2 Å². The number of hydrogen-bond donors (Lipinski definition) is 1. The maximum Gasteiger partial charge on any atom is 0.274 e. The van der Waals surface area contributed by atoms with Crippen LogP contribution in [0.15, 0.2) is 40.9 Å². The number of hydrogen-bond acceptors (Lipinski definition) is 4. The van der Waals surface area contributed by atoms with Crippen LogP contribution in [0.5, 0.6) is 0 Å². The molecule has 3 aromatic rings. The Bertz CT molecular complexity index is 769. The molecule has 1 aromatic carbocycles. The zero-order chi connectivity index (χ0) is 13.2. The second kappa shape index (κ2) is 4.38. The monoisotopic (exact) mass is 254 g/mol. The van der Waals surface area contributed by atoms with Crippen molar-refractivity contribution in [2.24, 2.45) is 0 Å². The molecule has 0 unspecified atom stereocenters. The molecule has 6 heteroatoms. The molecule has 0 aliphatic rings. The molecule has 2 heterocycles. The first-order chi connectivity index (χ1) is 9.26. The van der Waals surface area contributed by atoms with Gasteiger partial charge in [-0.25, -0.2) is 4.39 Å². The zero-order valence-electron chi connectivity index (χ0n) is 9.59. The number of benzene rings is 1. The van der Waals surface area contributed by atoms with E-state index in [0.717, 1.165) is 0 Å². The smallest absolute Gasteiger partial charge is 0.274 e. The van der Waals surface area contributed by atoms with E-state index in [0.29, 0.717) is 22.8 Å². The third kappa shape index (κ3) is 2.09. The van der Waals surface area contributed by atoms with E-state index in [4.69, 9.17) is 9.78 Å². The molecular weight excluding hydrogens is 247 g/mol. The molecule has 92 valence electrons. The van der Waals surface area contributed by atoms with Gasteiger partial charge < -0.3 is 9.51 Å². The first-order valence-electron chi connectivity index (χ1n) is 5.45. The molecule has 0 aliphatic heterocycles. The first-order valence-corrected chi connectivity index (χ1v) is 5.45. The number of rotatable bonds is 2. The van der Waals surface area contributed by atoms with Gasteiger partial charge >= 0.3 is 0 Å². The van der Waals surface area contributed by atoms with Gasteiger partial charge in [-0.1, -0.05) is 17.3 Å². The zero-order valence-corrected chi connectivity index (χ0v) is 9.59. The van der Waals surface area contributed by atoms with Crippen molar-refractivity contribution >= 4 is 0 Å². The third-order valence-corrected chi connectivity index (χ3v) is 2.55. The molecular formula is C13H7FN4O. The summed E-state index contributed by atoms with van der Waals surface area (Å²) in [5.41, 5.74) is 1.48. The van der Waals surface area contributed by atoms with Crippen LogP contribution in [0.1, 0.15) is 5.69 Å². The minimum absolute atomic E-state index is 0.251. The molecule has 0 fully saturated rings. The number of nitriles is 1. The summed E-state index contributed by atoms with van der Waals surface area (Å²) in [6, 6.07) is 11.2. The first kappa shape index (κ1) is 11.2. The Labute approximate surface area is 107 Å². The maximum atomic E-state index is 13.1. The number of H-pyrrole nitrogens is 1. The lowest BCUT2D eigenvalue weighted by Gasteiger charge is -1.92. The molecule has 0 amide bonds. The van der Waals surface area contributed by atoms with Crippen LogP contribution in [-0.2, 0) is 0 Å². The van der Waals surface area contributed by atoms with E-state index in [1.54, 1.807) is 24.3 Å². The fourth-order valence-corrected chi connectivity index (χ4v) is 1.66. The van der Waals surface area contributed by atoms with Gasteiger partial charge in [-0.05, 0) is 24.3 Å².